The molecule has 0 aliphatic carbocycles. The molecule has 0 fully saturated rings. The van der Waals surface area contributed by atoms with Gasteiger partial charge in [-0.25, -0.2) is 4.98 Å². The van der Waals surface area contributed by atoms with Crippen LogP contribution in [0, 0.1) is 6.92 Å². The zero-order valence-electron chi connectivity index (χ0n) is 10.7. The first kappa shape index (κ1) is 14.6. The van der Waals surface area contributed by atoms with E-state index in [1.807, 2.05) is 18.2 Å². The van der Waals surface area contributed by atoms with Gasteiger partial charge >= 0.3 is 0 Å². The van der Waals surface area contributed by atoms with Crippen molar-refractivity contribution >= 4 is 34.8 Å². The van der Waals surface area contributed by atoms with E-state index in [0.717, 1.165) is 5.56 Å². The summed E-state index contributed by atoms with van der Waals surface area (Å²) in [5.41, 5.74) is 1.18. The number of aromatic nitrogens is 1. The minimum Gasteiger partial charge on any atom is -0.484 e. The Bertz CT molecular complexity index is 595. The van der Waals surface area contributed by atoms with Gasteiger partial charge in [0.2, 0.25) is 0 Å². The Morgan fingerprint density at radius 2 is 2.00 bits per heavy atom. The summed E-state index contributed by atoms with van der Waals surface area (Å²) in [5, 5.41) is 3.10. The van der Waals surface area contributed by atoms with Crippen molar-refractivity contribution in [1.82, 2.24) is 4.98 Å². The number of carbonyl (C=O) groups is 1. The minimum atomic E-state index is -0.317. The SMILES string of the molecule is Cc1cc(Cl)nc(Cl)c1NC(=O)COc1ccccc1. The second-order valence-electron chi connectivity index (χ2n) is 4.08. The maximum Gasteiger partial charge on any atom is 0.262 e. The summed E-state index contributed by atoms with van der Waals surface area (Å²) in [6, 6.07) is 10.7. The standard InChI is InChI=1S/C14H12Cl2N2O2/c1-9-7-11(15)17-14(16)13(9)18-12(19)8-20-10-5-3-2-4-6-10/h2-7H,8H2,1H3,(H,18,19). The van der Waals surface area contributed by atoms with Crippen LogP contribution in [0.5, 0.6) is 5.75 Å². The minimum absolute atomic E-state index is 0.109. The Kier molecular flexibility index (Phi) is 4.82. The van der Waals surface area contributed by atoms with Crippen molar-refractivity contribution in [2.45, 2.75) is 6.92 Å². The summed E-state index contributed by atoms with van der Waals surface area (Å²) >= 11 is 11.7. The first-order chi connectivity index (χ1) is 9.56. The summed E-state index contributed by atoms with van der Waals surface area (Å²) in [4.78, 5) is 15.7. The number of hydrogen-bond acceptors (Lipinski definition) is 3. The highest BCUT2D eigenvalue weighted by molar-refractivity contribution is 6.34. The molecule has 0 aliphatic heterocycles. The van der Waals surface area contributed by atoms with Crippen LogP contribution in [-0.4, -0.2) is 17.5 Å². The Balaban J connectivity index is 1.98. The van der Waals surface area contributed by atoms with Crippen molar-refractivity contribution in [2.75, 3.05) is 11.9 Å². The van der Waals surface area contributed by atoms with E-state index in [-0.39, 0.29) is 22.8 Å². The molecule has 0 spiro atoms. The zero-order valence-corrected chi connectivity index (χ0v) is 12.2. The van der Waals surface area contributed by atoms with E-state index < -0.39 is 0 Å². The molecule has 0 bridgehead atoms. The monoisotopic (exact) mass is 310 g/mol. The number of halogens is 2. The van der Waals surface area contributed by atoms with Crippen LogP contribution in [-0.2, 0) is 4.79 Å². The molecule has 6 heteroatoms. The quantitative estimate of drug-likeness (QED) is 0.876. The predicted molar refractivity (Wildman–Crippen MR) is 79.6 cm³/mol. The van der Waals surface area contributed by atoms with Crippen molar-refractivity contribution in [1.29, 1.82) is 0 Å². The summed E-state index contributed by atoms with van der Waals surface area (Å²) in [6.07, 6.45) is 0. The van der Waals surface area contributed by atoms with Gasteiger partial charge < -0.3 is 10.1 Å². The van der Waals surface area contributed by atoms with Crippen LogP contribution in [0.1, 0.15) is 5.56 Å². The number of para-hydroxylation sites is 1. The van der Waals surface area contributed by atoms with E-state index >= 15 is 0 Å². The molecule has 0 aliphatic rings. The molecule has 1 aromatic heterocycles. The van der Waals surface area contributed by atoms with Gasteiger partial charge in [0.15, 0.2) is 11.8 Å². The maximum absolute atomic E-state index is 11.8. The molecule has 1 heterocycles. The third kappa shape index (κ3) is 3.85. The average molecular weight is 311 g/mol. The highest BCUT2D eigenvalue weighted by Gasteiger charge is 2.11. The largest absolute Gasteiger partial charge is 0.484 e. The second-order valence-corrected chi connectivity index (χ2v) is 4.82. The first-order valence-electron chi connectivity index (χ1n) is 5.86. The lowest BCUT2D eigenvalue weighted by Crippen LogP contribution is -2.21. The van der Waals surface area contributed by atoms with Gasteiger partial charge in [-0.3, -0.25) is 4.79 Å². The number of benzene rings is 1. The lowest BCUT2D eigenvalue weighted by molar-refractivity contribution is -0.118. The van der Waals surface area contributed by atoms with Crippen LogP contribution in [0.15, 0.2) is 36.4 Å². The normalized spacial score (nSPS) is 10.2. The van der Waals surface area contributed by atoms with E-state index in [9.17, 15) is 4.79 Å². The molecular formula is C14H12Cl2N2O2. The first-order valence-corrected chi connectivity index (χ1v) is 6.62. The molecular weight excluding hydrogens is 299 g/mol. The van der Waals surface area contributed by atoms with E-state index in [1.165, 1.54) is 0 Å². The number of carbonyl (C=O) groups excluding carboxylic acids is 1. The molecule has 1 amide bonds. The molecule has 0 saturated carbocycles. The molecule has 104 valence electrons. The number of rotatable bonds is 4. The van der Waals surface area contributed by atoms with Gasteiger partial charge in [0.25, 0.3) is 5.91 Å². The number of aryl methyl sites for hydroxylation is 1. The van der Waals surface area contributed by atoms with Gasteiger partial charge in [-0.15, -0.1) is 0 Å². The van der Waals surface area contributed by atoms with Crippen LogP contribution in [0.4, 0.5) is 5.69 Å². The Morgan fingerprint density at radius 1 is 1.30 bits per heavy atom. The fraction of sp³-hybridized carbons (Fsp3) is 0.143. The molecule has 2 rings (SSSR count). The fourth-order valence-electron chi connectivity index (χ4n) is 1.59. The Labute approximate surface area is 126 Å². The van der Waals surface area contributed by atoms with E-state index in [1.54, 1.807) is 25.1 Å². The van der Waals surface area contributed by atoms with Crippen LogP contribution in [0.3, 0.4) is 0 Å². The lowest BCUT2D eigenvalue weighted by Gasteiger charge is -2.11. The van der Waals surface area contributed by atoms with Gasteiger partial charge in [0, 0.05) is 0 Å². The number of pyridine rings is 1. The van der Waals surface area contributed by atoms with Crippen molar-refractivity contribution in [3.05, 3.63) is 52.3 Å². The summed E-state index contributed by atoms with van der Waals surface area (Å²) in [6.45, 7) is 1.68. The molecule has 0 radical (unpaired) electrons. The van der Waals surface area contributed by atoms with Crippen LogP contribution in [0.25, 0.3) is 0 Å². The van der Waals surface area contributed by atoms with Crippen LogP contribution >= 0.6 is 23.2 Å². The van der Waals surface area contributed by atoms with Gasteiger partial charge in [0.1, 0.15) is 10.9 Å². The molecule has 4 nitrogen and oxygen atoms in total. The van der Waals surface area contributed by atoms with Gasteiger partial charge in [-0.2, -0.15) is 0 Å². The summed E-state index contributed by atoms with van der Waals surface area (Å²) < 4.78 is 5.34. The average Bonchev–Trinajstić information content (AvgIpc) is 2.42. The smallest absolute Gasteiger partial charge is 0.262 e. The van der Waals surface area contributed by atoms with Gasteiger partial charge in [0.05, 0.1) is 5.69 Å². The summed E-state index contributed by atoms with van der Waals surface area (Å²) in [5.74, 6) is 0.308. The molecule has 2 aromatic rings. The maximum atomic E-state index is 11.8. The van der Waals surface area contributed by atoms with E-state index in [2.05, 4.69) is 10.3 Å². The highest BCUT2D eigenvalue weighted by Crippen LogP contribution is 2.26. The molecule has 0 saturated heterocycles. The number of ether oxygens (including phenoxy) is 1. The lowest BCUT2D eigenvalue weighted by atomic mass is 10.2. The fourth-order valence-corrected chi connectivity index (χ4v) is 2.17. The topological polar surface area (TPSA) is 51.2 Å². The van der Waals surface area contributed by atoms with Crippen LogP contribution < -0.4 is 10.1 Å². The van der Waals surface area contributed by atoms with Crippen molar-refractivity contribution in [2.24, 2.45) is 0 Å². The number of anilines is 1. The molecule has 0 atom stereocenters. The number of nitrogens with zero attached hydrogens (tertiary/aromatic N) is 1. The second kappa shape index (κ2) is 6.59. The zero-order chi connectivity index (χ0) is 14.5. The third-order valence-electron chi connectivity index (χ3n) is 2.52. The number of hydrogen-bond donors (Lipinski definition) is 1. The third-order valence-corrected chi connectivity index (χ3v) is 2.99. The van der Waals surface area contributed by atoms with Gasteiger partial charge in [-0.05, 0) is 30.7 Å². The van der Waals surface area contributed by atoms with Crippen LogP contribution in [0.2, 0.25) is 10.3 Å². The molecule has 20 heavy (non-hydrogen) atoms. The highest BCUT2D eigenvalue weighted by atomic mass is 35.5. The van der Waals surface area contributed by atoms with Crippen molar-refractivity contribution in [3.8, 4) is 5.75 Å². The Hall–Kier alpha value is -1.78. The summed E-state index contributed by atoms with van der Waals surface area (Å²) in [7, 11) is 0. The molecule has 1 N–H and O–H groups in total. The Morgan fingerprint density at radius 3 is 2.65 bits per heavy atom. The predicted octanol–water partition coefficient (Wildman–Crippen LogP) is 3.71. The van der Waals surface area contributed by atoms with Crippen molar-refractivity contribution in [3.63, 3.8) is 0 Å². The van der Waals surface area contributed by atoms with E-state index in [0.29, 0.717) is 11.4 Å². The number of nitrogens with one attached hydrogen (secondary N) is 1. The molecule has 0 unspecified atom stereocenters. The van der Waals surface area contributed by atoms with E-state index in [4.69, 9.17) is 27.9 Å². The molecule has 1 aromatic carbocycles. The van der Waals surface area contributed by atoms with Gasteiger partial charge in [-0.1, -0.05) is 41.4 Å². The van der Waals surface area contributed by atoms with Crippen molar-refractivity contribution < 1.29 is 9.53 Å². The number of amides is 1.